The van der Waals surface area contributed by atoms with E-state index in [1.54, 1.807) is 0 Å². The van der Waals surface area contributed by atoms with Gasteiger partial charge in [-0.2, -0.15) is 0 Å². The molecule has 0 N–H and O–H groups in total. The lowest BCUT2D eigenvalue weighted by Gasteiger charge is -2.27. The van der Waals surface area contributed by atoms with Gasteiger partial charge in [-0.3, -0.25) is 0 Å². The zero-order chi connectivity index (χ0) is 37.5. The van der Waals surface area contributed by atoms with E-state index in [1.165, 1.54) is 38.9 Å². The van der Waals surface area contributed by atoms with Crippen LogP contribution in [0, 0.1) is 0 Å². The summed E-state index contributed by atoms with van der Waals surface area (Å²) in [4.78, 5) is 4.66. The van der Waals surface area contributed by atoms with Crippen molar-refractivity contribution in [3.63, 3.8) is 0 Å². The van der Waals surface area contributed by atoms with Crippen molar-refractivity contribution >= 4 is 34.1 Å². The average Bonchev–Trinajstić information content (AvgIpc) is 3.29. The van der Waals surface area contributed by atoms with Crippen LogP contribution >= 0.6 is 0 Å². The third-order valence-electron chi connectivity index (χ3n) is 10.3. The van der Waals surface area contributed by atoms with E-state index in [2.05, 4.69) is 252 Å². The van der Waals surface area contributed by atoms with Crippen molar-refractivity contribution in [2.24, 2.45) is 0 Å². The highest BCUT2D eigenvalue weighted by Gasteiger charge is 2.18. The number of benzene rings is 9. The molecule has 0 amide bonds. The van der Waals surface area contributed by atoms with E-state index >= 15 is 0 Å². The first kappa shape index (κ1) is 34.4. The maximum absolute atomic E-state index is 2.34. The molecule has 0 radical (unpaired) electrons. The summed E-state index contributed by atoms with van der Waals surface area (Å²) in [6.07, 6.45) is 0. The van der Waals surface area contributed by atoms with Gasteiger partial charge in [0.15, 0.2) is 0 Å². The van der Waals surface area contributed by atoms with Crippen LogP contribution in [0.3, 0.4) is 0 Å². The summed E-state index contributed by atoms with van der Waals surface area (Å²) in [6.45, 7) is 0. The van der Waals surface area contributed by atoms with Crippen molar-refractivity contribution in [2.45, 2.75) is 0 Å². The van der Waals surface area contributed by atoms with Crippen LogP contribution in [0.2, 0.25) is 0 Å². The molecule has 0 aliphatic heterocycles. The van der Waals surface area contributed by atoms with Gasteiger partial charge < -0.3 is 9.80 Å². The van der Waals surface area contributed by atoms with Gasteiger partial charge in [-0.25, -0.2) is 0 Å². The Morgan fingerprint density at radius 1 is 0.179 bits per heavy atom. The number of hydrogen-bond donors (Lipinski definition) is 0. The highest BCUT2D eigenvalue weighted by atomic mass is 15.1. The fraction of sp³-hybridized carbons (Fsp3) is 0. The van der Waals surface area contributed by atoms with Crippen LogP contribution in [0.15, 0.2) is 243 Å². The van der Waals surface area contributed by atoms with Crippen LogP contribution in [0.1, 0.15) is 0 Å². The molecule has 0 aromatic heterocycles. The molecular formula is C54H40N2. The quantitative estimate of drug-likeness (QED) is 0.139. The van der Waals surface area contributed by atoms with Crippen molar-refractivity contribution in [3.05, 3.63) is 243 Å². The Kier molecular flexibility index (Phi) is 9.75. The molecule has 266 valence electrons. The van der Waals surface area contributed by atoms with Crippen molar-refractivity contribution < 1.29 is 0 Å². The van der Waals surface area contributed by atoms with Crippen molar-refractivity contribution in [1.29, 1.82) is 0 Å². The van der Waals surface area contributed by atoms with E-state index in [9.17, 15) is 0 Å². The molecule has 0 unspecified atom stereocenters. The lowest BCUT2D eigenvalue weighted by molar-refractivity contribution is 1.28. The fourth-order valence-corrected chi connectivity index (χ4v) is 7.49. The van der Waals surface area contributed by atoms with Gasteiger partial charge in [0.1, 0.15) is 0 Å². The molecule has 0 spiro atoms. The second kappa shape index (κ2) is 15.9. The molecule has 0 heterocycles. The first-order valence-corrected chi connectivity index (χ1v) is 19.1. The topological polar surface area (TPSA) is 6.48 Å². The summed E-state index contributed by atoms with van der Waals surface area (Å²) >= 11 is 0. The highest BCUT2D eigenvalue weighted by molar-refractivity contribution is 5.90. The van der Waals surface area contributed by atoms with Crippen LogP contribution in [0.5, 0.6) is 0 Å². The predicted octanol–water partition coefficient (Wildman–Crippen LogP) is 15.3. The largest absolute Gasteiger partial charge is 0.311 e. The normalized spacial score (nSPS) is 10.9. The summed E-state index contributed by atoms with van der Waals surface area (Å²) in [5.41, 5.74) is 16.1. The number of hydrogen-bond acceptors (Lipinski definition) is 2. The molecule has 9 aromatic carbocycles. The van der Waals surface area contributed by atoms with E-state index in [4.69, 9.17) is 0 Å². The zero-order valence-corrected chi connectivity index (χ0v) is 31.0. The van der Waals surface area contributed by atoms with E-state index in [-0.39, 0.29) is 0 Å². The lowest BCUT2D eigenvalue weighted by Crippen LogP contribution is -2.10. The first-order chi connectivity index (χ1) is 27.8. The summed E-state index contributed by atoms with van der Waals surface area (Å²) in [5, 5.41) is 0. The van der Waals surface area contributed by atoms with Gasteiger partial charge in [0.2, 0.25) is 0 Å². The molecule has 56 heavy (non-hydrogen) atoms. The molecule has 0 aliphatic carbocycles. The van der Waals surface area contributed by atoms with Crippen molar-refractivity contribution in [2.75, 3.05) is 9.80 Å². The van der Waals surface area contributed by atoms with Crippen molar-refractivity contribution in [3.8, 4) is 44.5 Å². The van der Waals surface area contributed by atoms with Gasteiger partial charge in [0.25, 0.3) is 0 Å². The Balaban J connectivity index is 1.10. The van der Waals surface area contributed by atoms with E-state index in [0.717, 1.165) is 39.7 Å². The molecule has 9 rings (SSSR count). The minimum absolute atomic E-state index is 1.09. The average molecular weight is 717 g/mol. The molecule has 2 nitrogen and oxygen atoms in total. The Morgan fingerprint density at radius 3 is 0.857 bits per heavy atom. The van der Waals surface area contributed by atoms with Gasteiger partial charge in [0, 0.05) is 34.1 Å². The summed E-state index contributed by atoms with van der Waals surface area (Å²) in [5.74, 6) is 0. The minimum Gasteiger partial charge on any atom is -0.311 e. The maximum atomic E-state index is 2.34. The Morgan fingerprint density at radius 2 is 0.446 bits per heavy atom. The number of rotatable bonds is 10. The van der Waals surface area contributed by atoms with Crippen LogP contribution in [0.4, 0.5) is 34.1 Å². The minimum atomic E-state index is 1.09. The van der Waals surface area contributed by atoms with Gasteiger partial charge in [-0.1, -0.05) is 170 Å². The highest BCUT2D eigenvalue weighted by Crippen LogP contribution is 2.42. The fourth-order valence-electron chi connectivity index (χ4n) is 7.49. The summed E-state index contributed by atoms with van der Waals surface area (Å²) in [7, 11) is 0. The third-order valence-corrected chi connectivity index (χ3v) is 10.3. The van der Waals surface area contributed by atoms with Crippen LogP contribution < -0.4 is 9.80 Å². The predicted molar refractivity (Wildman–Crippen MR) is 238 cm³/mol. The Bertz CT molecular complexity index is 2620. The van der Waals surface area contributed by atoms with Crippen LogP contribution in [0.25, 0.3) is 44.5 Å². The number of anilines is 6. The number of nitrogens with zero attached hydrogens (tertiary/aromatic N) is 2. The summed E-state index contributed by atoms with van der Waals surface area (Å²) < 4.78 is 0. The SMILES string of the molecule is c1ccc(-c2ccc(N(c3ccccc3)c3ccc(-c4ccc(N(c5ccccc5)c5ccc(-c6ccccc6)cc5)cc4-c4ccccc4)cc3)cc2)cc1. The van der Waals surface area contributed by atoms with Crippen LogP contribution in [-0.4, -0.2) is 0 Å². The smallest absolute Gasteiger partial charge is 0.0468 e. The van der Waals surface area contributed by atoms with Gasteiger partial charge >= 0.3 is 0 Å². The zero-order valence-electron chi connectivity index (χ0n) is 31.0. The van der Waals surface area contributed by atoms with Gasteiger partial charge in [-0.05, 0) is 117 Å². The van der Waals surface area contributed by atoms with E-state index in [0.29, 0.717) is 0 Å². The Hall–Kier alpha value is -7.42. The standard InChI is InChI=1S/C54H40N2/c1-6-16-41(17-7-1)43-26-32-49(33-27-43)55(47-22-12-4-13-23-47)50-36-30-46(31-37-50)53-39-38-52(40-54(53)45-20-10-3-11-21-45)56(48-24-14-5-15-25-48)51-34-28-44(29-35-51)42-18-8-2-9-19-42/h1-40H. The molecular weight excluding hydrogens is 677 g/mol. The van der Waals surface area contributed by atoms with Gasteiger partial charge in [-0.15, -0.1) is 0 Å². The van der Waals surface area contributed by atoms with E-state index in [1.807, 2.05) is 0 Å². The molecule has 9 aromatic rings. The lowest BCUT2D eigenvalue weighted by atomic mass is 9.93. The number of para-hydroxylation sites is 2. The molecule has 0 saturated carbocycles. The van der Waals surface area contributed by atoms with E-state index < -0.39 is 0 Å². The molecule has 0 atom stereocenters. The maximum Gasteiger partial charge on any atom is 0.0468 e. The second-order valence-electron chi connectivity index (χ2n) is 13.8. The molecule has 0 bridgehead atoms. The third kappa shape index (κ3) is 7.24. The van der Waals surface area contributed by atoms with Gasteiger partial charge in [0.05, 0.1) is 0 Å². The summed E-state index contributed by atoms with van der Waals surface area (Å²) in [6, 6.07) is 86.6. The van der Waals surface area contributed by atoms with Crippen molar-refractivity contribution in [1.82, 2.24) is 0 Å². The Labute approximate surface area is 329 Å². The van der Waals surface area contributed by atoms with Crippen LogP contribution in [-0.2, 0) is 0 Å². The second-order valence-corrected chi connectivity index (χ2v) is 13.8. The first-order valence-electron chi connectivity index (χ1n) is 19.1. The molecule has 0 fully saturated rings. The molecule has 0 aliphatic rings. The molecule has 2 heteroatoms. The molecule has 0 saturated heterocycles. The monoisotopic (exact) mass is 716 g/mol.